The first kappa shape index (κ1) is 17.0. The summed E-state index contributed by atoms with van der Waals surface area (Å²) in [6, 6.07) is 0. The molecule has 0 aliphatic carbocycles. The molecular weight excluding hydrogens is 157 g/mol. The van der Waals surface area contributed by atoms with Crippen molar-refractivity contribution >= 4 is 11.9 Å². The first-order valence-corrected chi connectivity index (χ1v) is 2.66. The van der Waals surface area contributed by atoms with Crippen LogP contribution in [0.3, 0.4) is 0 Å². The molecule has 0 unspecified atom stereocenters. The van der Waals surface area contributed by atoms with E-state index in [1.54, 1.807) is 0 Å². The molecule has 0 radical (unpaired) electrons. The molecule has 0 heterocycles. The third-order valence-electron chi connectivity index (χ3n) is 0.490. The Bertz CT molecular complexity index is 136. The molecule has 0 saturated heterocycles. The molecule has 2 N–H and O–H groups in total. The minimum Gasteiger partial charge on any atom is -0.550 e. The molecule has 0 aliphatic rings. The summed E-state index contributed by atoms with van der Waals surface area (Å²) >= 11 is 0. The molecule has 0 atom stereocenters. The van der Waals surface area contributed by atoms with Crippen LogP contribution in [0.1, 0.15) is 13.3 Å². The van der Waals surface area contributed by atoms with Gasteiger partial charge in [0.2, 0.25) is 5.91 Å². The van der Waals surface area contributed by atoms with Gasteiger partial charge in [-0.15, -0.1) is 0 Å². The molecule has 0 bridgehead atoms. The zero-order chi connectivity index (χ0) is 8.57. The Kier molecular flexibility index (Phi) is 19.1. The van der Waals surface area contributed by atoms with Crippen molar-refractivity contribution in [2.75, 3.05) is 0 Å². The van der Waals surface area contributed by atoms with E-state index < -0.39 is 11.9 Å². The van der Waals surface area contributed by atoms with Crippen molar-refractivity contribution in [2.45, 2.75) is 13.3 Å². The van der Waals surface area contributed by atoms with E-state index in [1.165, 1.54) is 6.92 Å². The number of carbonyl (C=O) groups excluding carboxylic acids is 2. The third kappa shape index (κ3) is 42.2. The summed E-state index contributed by atoms with van der Waals surface area (Å²) < 4.78 is 0. The number of carboxylic acid groups (broad SMARTS) is 1. The molecule has 5 heteroatoms. The summed E-state index contributed by atoms with van der Waals surface area (Å²) in [5, 5.41) is 9.26. The number of carboxylic acids is 1. The summed E-state index contributed by atoms with van der Waals surface area (Å²) in [4.78, 5) is 18.7. The van der Waals surface area contributed by atoms with E-state index in [1.807, 2.05) is 0 Å². The van der Waals surface area contributed by atoms with E-state index in [0.717, 1.165) is 6.08 Å². The minimum atomic E-state index is -0.995. The summed E-state index contributed by atoms with van der Waals surface area (Å²) in [7, 11) is 0. The quantitative estimate of drug-likeness (QED) is 0.334. The van der Waals surface area contributed by atoms with Gasteiger partial charge in [0.05, 0.1) is 0 Å². The van der Waals surface area contributed by atoms with Gasteiger partial charge in [-0.3, -0.25) is 4.79 Å². The van der Waals surface area contributed by atoms with E-state index >= 15 is 0 Å². The molecule has 0 aromatic heterocycles. The molecule has 1 amide bonds. The SMILES string of the molecule is C=CC(N)=O.CCC(=O)[O-].[Na+]. The molecule has 58 valence electrons. The summed E-state index contributed by atoms with van der Waals surface area (Å²) in [5.41, 5.74) is 4.53. The molecule has 0 saturated carbocycles. The van der Waals surface area contributed by atoms with Crippen molar-refractivity contribution in [3.05, 3.63) is 12.7 Å². The van der Waals surface area contributed by atoms with Gasteiger partial charge in [0.25, 0.3) is 0 Å². The Morgan fingerprint density at radius 1 is 1.64 bits per heavy atom. The van der Waals surface area contributed by atoms with Crippen LogP contribution < -0.4 is 40.4 Å². The van der Waals surface area contributed by atoms with Gasteiger partial charge >= 0.3 is 29.6 Å². The zero-order valence-corrected chi connectivity index (χ0v) is 8.79. The van der Waals surface area contributed by atoms with Crippen LogP contribution in [0.25, 0.3) is 0 Å². The summed E-state index contributed by atoms with van der Waals surface area (Å²) in [6.07, 6.45) is 1.17. The average Bonchev–Trinajstić information content (AvgIpc) is 1.89. The van der Waals surface area contributed by atoms with Crippen LogP contribution in [-0.2, 0) is 9.59 Å². The number of rotatable bonds is 2. The molecular formula is C6H10NNaO3. The number of primary amides is 1. The van der Waals surface area contributed by atoms with Crippen LogP contribution in [0.4, 0.5) is 0 Å². The maximum absolute atomic E-state index is 9.47. The fraction of sp³-hybridized carbons (Fsp3) is 0.333. The van der Waals surface area contributed by atoms with Gasteiger partial charge in [-0.1, -0.05) is 13.5 Å². The summed E-state index contributed by atoms with van der Waals surface area (Å²) in [6.45, 7) is 4.62. The van der Waals surface area contributed by atoms with Crippen molar-refractivity contribution in [1.82, 2.24) is 0 Å². The second-order valence-electron chi connectivity index (χ2n) is 1.33. The van der Waals surface area contributed by atoms with E-state index in [0.29, 0.717) is 0 Å². The first-order valence-electron chi connectivity index (χ1n) is 2.66. The third-order valence-corrected chi connectivity index (χ3v) is 0.490. The van der Waals surface area contributed by atoms with Gasteiger partial charge in [-0.05, 0) is 12.5 Å². The van der Waals surface area contributed by atoms with Crippen LogP contribution in [-0.4, -0.2) is 11.9 Å². The fourth-order valence-electron chi connectivity index (χ4n) is 0. The van der Waals surface area contributed by atoms with Crippen LogP contribution in [0.15, 0.2) is 12.7 Å². The van der Waals surface area contributed by atoms with Crippen LogP contribution in [0.2, 0.25) is 0 Å². The van der Waals surface area contributed by atoms with E-state index in [2.05, 4.69) is 12.3 Å². The van der Waals surface area contributed by atoms with E-state index in [9.17, 15) is 14.7 Å². The Balaban J connectivity index is -0.000000107. The Hall–Kier alpha value is -0.320. The molecule has 0 aromatic carbocycles. The minimum absolute atomic E-state index is 0. The Morgan fingerprint density at radius 2 is 1.82 bits per heavy atom. The van der Waals surface area contributed by atoms with E-state index in [4.69, 9.17) is 0 Å². The van der Waals surface area contributed by atoms with E-state index in [-0.39, 0.29) is 36.0 Å². The van der Waals surface area contributed by atoms with Crippen molar-refractivity contribution in [1.29, 1.82) is 0 Å². The second-order valence-corrected chi connectivity index (χ2v) is 1.33. The standard InChI is InChI=1S/C3H5NO.C3H6O2.Na/c2*1-2-3(4)5;/h2H,1H2,(H2,4,5);2H2,1H3,(H,4,5);/q;;+1/p-1. The predicted octanol–water partition coefficient (Wildman–Crippen LogP) is -4.19. The number of nitrogens with two attached hydrogens (primary N) is 1. The number of hydrogen-bond acceptors (Lipinski definition) is 3. The molecule has 0 aromatic rings. The predicted molar refractivity (Wildman–Crippen MR) is 34.7 cm³/mol. The van der Waals surface area contributed by atoms with Crippen molar-refractivity contribution < 1.29 is 44.3 Å². The molecule has 11 heavy (non-hydrogen) atoms. The van der Waals surface area contributed by atoms with Crippen LogP contribution in [0.5, 0.6) is 0 Å². The maximum Gasteiger partial charge on any atom is 1.00 e. The number of aliphatic carboxylic acids is 1. The monoisotopic (exact) mass is 167 g/mol. The van der Waals surface area contributed by atoms with Crippen molar-refractivity contribution in [3.8, 4) is 0 Å². The Morgan fingerprint density at radius 3 is 1.82 bits per heavy atom. The van der Waals surface area contributed by atoms with Gasteiger partial charge in [-0.25, -0.2) is 0 Å². The first-order chi connectivity index (χ1) is 4.54. The topological polar surface area (TPSA) is 83.2 Å². The van der Waals surface area contributed by atoms with Gasteiger partial charge in [0.15, 0.2) is 0 Å². The Labute approximate surface area is 87.8 Å². The zero-order valence-electron chi connectivity index (χ0n) is 6.79. The number of amides is 1. The maximum atomic E-state index is 9.47. The van der Waals surface area contributed by atoms with Gasteiger partial charge in [0, 0.05) is 5.97 Å². The van der Waals surface area contributed by atoms with Crippen LogP contribution >= 0.6 is 0 Å². The molecule has 0 aliphatic heterocycles. The average molecular weight is 167 g/mol. The molecule has 0 rings (SSSR count). The molecule has 0 spiro atoms. The van der Waals surface area contributed by atoms with Gasteiger partial charge < -0.3 is 15.6 Å². The van der Waals surface area contributed by atoms with Crippen molar-refractivity contribution in [3.63, 3.8) is 0 Å². The second kappa shape index (κ2) is 12.4. The molecule has 4 nitrogen and oxygen atoms in total. The van der Waals surface area contributed by atoms with Crippen molar-refractivity contribution in [2.24, 2.45) is 5.73 Å². The normalized spacial score (nSPS) is 6.27. The number of hydrogen-bond donors (Lipinski definition) is 1. The summed E-state index contributed by atoms with van der Waals surface area (Å²) in [5.74, 6) is -1.48. The number of carbonyl (C=O) groups is 2. The largest absolute Gasteiger partial charge is 1.00 e. The van der Waals surface area contributed by atoms with Crippen LogP contribution in [0, 0.1) is 0 Å². The van der Waals surface area contributed by atoms with Gasteiger partial charge in [-0.2, -0.15) is 0 Å². The smallest absolute Gasteiger partial charge is 0.550 e. The fourth-order valence-corrected chi connectivity index (χ4v) is 0. The van der Waals surface area contributed by atoms with Gasteiger partial charge in [0.1, 0.15) is 0 Å². The molecule has 0 fully saturated rings.